The van der Waals surface area contributed by atoms with E-state index in [9.17, 15) is 9.59 Å². The molecule has 1 amide bonds. The average molecular weight is 313 g/mol. The van der Waals surface area contributed by atoms with Crippen molar-refractivity contribution in [1.82, 2.24) is 0 Å². The molecule has 2 rings (SSSR count). The van der Waals surface area contributed by atoms with Crippen molar-refractivity contribution in [2.24, 2.45) is 0 Å². The van der Waals surface area contributed by atoms with Gasteiger partial charge in [-0.2, -0.15) is 0 Å². The predicted molar refractivity (Wildman–Crippen MR) is 87.4 cm³/mol. The van der Waals surface area contributed by atoms with E-state index in [1.54, 1.807) is 30.3 Å². The van der Waals surface area contributed by atoms with E-state index in [2.05, 4.69) is 5.32 Å². The van der Waals surface area contributed by atoms with E-state index < -0.39 is 11.9 Å². The van der Waals surface area contributed by atoms with Crippen LogP contribution in [0.2, 0.25) is 0 Å². The monoisotopic (exact) mass is 313 g/mol. The van der Waals surface area contributed by atoms with Gasteiger partial charge in [0.2, 0.25) is 0 Å². The van der Waals surface area contributed by atoms with Gasteiger partial charge in [0.15, 0.2) is 13.2 Å². The van der Waals surface area contributed by atoms with E-state index >= 15 is 0 Å². The number of carbonyl (C=O) groups excluding carboxylic acids is 2. The lowest BCUT2D eigenvalue weighted by Gasteiger charge is -2.10. The SMILES string of the molecule is Cc1cccc(OCC(=O)OCC(=O)Nc2ccccc2)c1C. The molecule has 0 aliphatic rings. The zero-order valence-corrected chi connectivity index (χ0v) is 13.2. The van der Waals surface area contributed by atoms with Crippen LogP contribution in [-0.2, 0) is 14.3 Å². The Labute approximate surface area is 135 Å². The molecule has 0 fully saturated rings. The molecule has 2 aromatic carbocycles. The molecule has 0 heterocycles. The van der Waals surface area contributed by atoms with Crippen LogP contribution in [0, 0.1) is 13.8 Å². The fourth-order valence-electron chi connectivity index (χ4n) is 1.92. The number of nitrogens with one attached hydrogen (secondary N) is 1. The van der Waals surface area contributed by atoms with Crippen LogP contribution in [0.1, 0.15) is 11.1 Å². The molecule has 0 spiro atoms. The summed E-state index contributed by atoms with van der Waals surface area (Å²) in [5, 5.41) is 2.63. The molecule has 0 atom stereocenters. The van der Waals surface area contributed by atoms with Crippen molar-refractivity contribution in [2.75, 3.05) is 18.5 Å². The van der Waals surface area contributed by atoms with Crippen molar-refractivity contribution in [3.05, 3.63) is 59.7 Å². The van der Waals surface area contributed by atoms with Gasteiger partial charge in [0.1, 0.15) is 5.75 Å². The van der Waals surface area contributed by atoms with E-state index in [4.69, 9.17) is 9.47 Å². The van der Waals surface area contributed by atoms with Crippen LogP contribution in [0.3, 0.4) is 0 Å². The summed E-state index contributed by atoms with van der Waals surface area (Å²) in [5.41, 5.74) is 2.71. The van der Waals surface area contributed by atoms with Crippen LogP contribution >= 0.6 is 0 Å². The molecule has 0 aliphatic carbocycles. The summed E-state index contributed by atoms with van der Waals surface area (Å²) in [4.78, 5) is 23.3. The van der Waals surface area contributed by atoms with Crippen molar-refractivity contribution >= 4 is 17.6 Å². The Bertz CT molecular complexity index is 683. The van der Waals surface area contributed by atoms with Gasteiger partial charge in [-0.25, -0.2) is 4.79 Å². The minimum absolute atomic E-state index is 0.233. The van der Waals surface area contributed by atoms with Crippen molar-refractivity contribution in [3.8, 4) is 5.75 Å². The number of esters is 1. The highest BCUT2D eigenvalue weighted by Crippen LogP contribution is 2.20. The van der Waals surface area contributed by atoms with Crippen LogP contribution in [0.5, 0.6) is 5.75 Å². The molecule has 0 saturated heterocycles. The quantitative estimate of drug-likeness (QED) is 0.833. The highest BCUT2D eigenvalue weighted by Gasteiger charge is 2.10. The third-order valence-electron chi connectivity index (χ3n) is 3.32. The van der Waals surface area contributed by atoms with Gasteiger partial charge >= 0.3 is 5.97 Å². The molecule has 23 heavy (non-hydrogen) atoms. The van der Waals surface area contributed by atoms with Gasteiger partial charge < -0.3 is 14.8 Å². The molecule has 0 aromatic heterocycles. The second-order valence-electron chi connectivity index (χ2n) is 5.06. The summed E-state index contributed by atoms with van der Waals surface area (Å²) < 4.78 is 10.3. The third kappa shape index (κ3) is 5.14. The van der Waals surface area contributed by atoms with Gasteiger partial charge in [-0.3, -0.25) is 4.79 Å². The Balaban J connectivity index is 1.75. The molecule has 5 heteroatoms. The molecule has 5 nitrogen and oxygen atoms in total. The lowest BCUT2D eigenvalue weighted by atomic mass is 10.1. The normalized spacial score (nSPS) is 10.0. The van der Waals surface area contributed by atoms with Gasteiger partial charge in [0.05, 0.1) is 0 Å². The number of hydrogen-bond donors (Lipinski definition) is 1. The number of ether oxygens (including phenoxy) is 2. The average Bonchev–Trinajstić information content (AvgIpc) is 2.55. The van der Waals surface area contributed by atoms with E-state index in [-0.39, 0.29) is 13.2 Å². The number of para-hydroxylation sites is 1. The zero-order chi connectivity index (χ0) is 16.7. The molecule has 2 aromatic rings. The Morgan fingerprint density at radius 1 is 0.957 bits per heavy atom. The predicted octanol–water partition coefficient (Wildman–Crippen LogP) is 2.86. The largest absolute Gasteiger partial charge is 0.482 e. The van der Waals surface area contributed by atoms with Crippen LogP contribution in [0.4, 0.5) is 5.69 Å². The number of hydrogen-bond acceptors (Lipinski definition) is 4. The fraction of sp³-hybridized carbons (Fsp3) is 0.222. The Hall–Kier alpha value is -2.82. The first-order valence-corrected chi connectivity index (χ1v) is 7.26. The Kier molecular flexibility index (Phi) is 5.74. The first-order chi connectivity index (χ1) is 11.1. The summed E-state index contributed by atoms with van der Waals surface area (Å²) in [6.45, 7) is 3.31. The van der Waals surface area contributed by atoms with Gasteiger partial charge in [-0.1, -0.05) is 30.3 Å². The Morgan fingerprint density at radius 2 is 1.70 bits per heavy atom. The second-order valence-corrected chi connectivity index (χ2v) is 5.06. The summed E-state index contributed by atoms with van der Waals surface area (Å²) in [6.07, 6.45) is 0. The number of amides is 1. The van der Waals surface area contributed by atoms with Crippen LogP contribution < -0.4 is 10.1 Å². The van der Waals surface area contributed by atoms with Crippen molar-refractivity contribution in [3.63, 3.8) is 0 Å². The maximum atomic E-state index is 11.7. The first kappa shape index (κ1) is 16.5. The Morgan fingerprint density at radius 3 is 2.43 bits per heavy atom. The number of rotatable bonds is 6. The summed E-state index contributed by atoms with van der Waals surface area (Å²) in [7, 11) is 0. The van der Waals surface area contributed by atoms with Crippen LogP contribution in [-0.4, -0.2) is 25.1 Å². The summed E-state index contributed by atoms with van der Waals surface area (Å²) in [6, 6.07) is 14.6. The molecule has 1 N–H and O–H groups in total. The molecular formula is C18H19NO4. The van der Waals surface area contributed by atoms with Gasteiger partial charge in [0.25, 0.3) is 5.91 Å². The topological polar surface area (TPSA) is 64.6 Å². The van der Waals surface area contributed by atoms with E-state index in [0.29, 0.717) is 11.4 Å². The molecule has 0 aliphatic heterocycles. The molecule has 0 unspecified atom stereocenters. The number of carbonyl (C=O) groups is 2. The maximum Gasteiger partial charge on any atom is 0.344 e. The summed E-state index contributed by atoms with van der Waals surface area (Å²) in [5.74, 6) is -0.346. The first-order valence-electron chi connectivity index (χ1n) is 7.26. The molecule has 0 bridgehead atoms. The number of aryl methyl sites for hydroxylation is 1. The highest BCUT2D eigenvalue weighted by molar-refractivity contribution is 5.92. The highest BCUT2D eigenvalue weighted by atomic mass is 16.6. The molecule has 120 valence electrons. The molecular weight excluding hydrogens is 294 g/mol. The van der Waals surface area contributed by atoms with E-state index in [1.165, 1.54) is 0 Å². The van der Waals surface area contributed by atoms with Gasteiger partial charge in [0, 0.05) is 5.69 Å². The van der Waals surface area contributed by atoms with Crippen molar-refractivity contribution in [1.29, 1.82) is 0 Å². The fourth-order valence-corrected chi connectivity index (χ4v) is 1.92. The summed E-state index contributed by atoms with van der Waals surface area (Å²) >= 11 is 0. The lowest BCUT2D eigenvalue weighted by Crippen LogP contribution is -2.23. The van der Waals surface area contributed by atoms with Crippen molar-refractivity contribution < 1.29 is 19.1 Å². The second kappa shape index (κ2) is 7.98. The van der Waals surface area contributed by atoms with Gasteiger partial charge in [-0.05, 0) is 43.2 Å². The number of benzene rings is 2. The maximum absolute atomic E-state index is 11.7. The van der Waals surface area contributed by atoms with E-state index in [0.717, 1.165) is 11.1 Å². The van der Waals surface area contributed by atoms with Crippen molar-refractivity contribution in [2.45, 2.75) is 13.8 Å². The smallest absolute Gasteiger partial charge is 0.344 e. The minimum Gasteiger partial charge on any atom is -0.482 e. The molecule has 0 saturated carbocycles. The van der Waals surface area contributed by atoms with E-state index in [1.807, 2.05) is 32.0 Å². The lowest BCUT2D eigenvalue weighted by molar-refractivity contribution is -0.149. The minimum atomic E-state index is -0.589. The van der Waals surface area contributed by atoms with Crippen LogP contribution in [0.25, 0.3) is 0 Å². The third-order valence-corrected chi connectivity index (χ3v) is 3.32. The zero-order valence-electron chi connectivity index (χ0n) is 13.2. The molecule has 0 radical (unpaired) electrons. The van der Waals surface area contributed by atoms with Gasteiger partial charge in [-0.15, -0.1) is 0 Å². The number of anilines is 1. The van der Waals surface area contributed by atoms with Crippen LogP contribution in [0.15, 0.2) is 48.5 Å². The standard InChI is InChI=1S/C18H19NO4/c1-13-7-6-10-16(14(13)2)22-12-18(21)23-11-17(20)19-15-8-4-3-5-9-15/h3-10H,11-12H2,1-2H3,(H,19,20).